The summed E-state index contributed by atoms with van der Waals surface area (Å²) in [5.74, 6) is -1.17. The van der Waals surface area contributed by atoms with Crippen LogP contribution in [0, 0.1) is 0 Å². The molecule has 0 radical (unpaired) electrons. The molecule has 0 aromatic carbocycles. The van der Waals surface area contributed by atoms with Gasteiger partial charge >= 0.3 is 51.4 Å². The second-order valence-electron chi connectivity index (χ2n) is 1.37. The number of aromatic carboxylic acids is 1. The molecule has 1 aromatic rings. The third kappa shape index (κ3) is 2.64. The molecule has 0 spiro atoms. The van der Waals surface area contributed by atoms with E-state index in [9.17, 15) is 9.90 Å². The molecule has 3 nitrogen and oxygen atoms in total. The second-order valence-corrected chi connectivity index (χ2v) is 1.37. The van der Waals surface area contributed by atoms with E-state index in [0.717, 1.165) is 0 Å². The summed E-state index contributed by atoms with van der Waals surface area (Å²) in [6.07, 6.45) is 1.53. The molecule has 1 rings (SSSR count). The zero-order chi connectivity index (χ0) is 5.98. The zero-order valence-corrected chi connectivity index (χ0v) is 8.17. The summed E-state index contributed by atoms with van der Waals surface area (Å²) in [6, 6.07) is 3.04. The summed E-state index contributed by atoms with van der Waals surface area (Å²) >= 11 is 0. The molecule has 0 aliphatic rings. The Morgan fingerprint density at radius 2 is 2.33 bits per heavy atom. The number of nitrogens with one attached hydrogen (secondary N) is 1. The SMILES string of the molecule is O=C([O-])c1ccc[nH]1.[K+]. The maximum atomic E-state index is 9.92. The zero-order valence-electron chi connectivity index (χ0n) is 5.05. The van der Waals surface area contributed by atoms with Gasteiger partial charge in [0.2, 0.25) is 0 Å². The maximum absolute atomic E-state index is 9.92. The second kappa shape index (κ2) is 4.24. The Kier molecular flexibility index (Phi) is 4.42. The predicted molar refractivity (Wildman–Crippen MR) is 25.1 cm³/mol. The maximum Gasteiger partial charge on any atom is 1.00 e. The van der Waals surface area contributed by atoms with Gasteiger partial charge in [-0.05, 0) is 12.1 Å². The first kappa shape index (κ1) is 9.39. The first-order valence-electron chi connectivity index (χ1n) is 2.15. The number of carboxylic acids is 1. The molecule has 0 saturated heterocycles. The number of carbonyl (C=O) groups excluding carboxylic acids is 1. The summed E-state index contributed by atoms with van der Waals surface area (Å²) < 4.78 is 0. The van der Waals surface area contributed by atoms with Crippen molar-refractivity contribution in [1.29, 1.82) is 0 Å². The Hall–Kier alpha value is 0.386. The topological polar surface area (TPSA) is 55.9 Å². The van der Waals surface area contributed by atoms with Crippen LogP contribution in [0.15, 0.2) is 18.3 Å². The van der Waals surface area contributed by atoms with Gasteiger partial charge in [0, 0.05) is 6.20 Å². The average Bonchev–Trinajstić information content (AvgIpc) is 2.12. The van der Waals surface area contributed by atoms with Crippen LogP contribution in [0.3, 0.4) is 0 Å². The molecule has 9 heavy (non-hydrogen) atoms. The van der Waals surface area contributed by atoms with Crippen LogP contribution in [-0.2, 0) is 0 Å². The van der Waals surface area contributed by atoms with Gasteiger partial charge in [-0.1, -0.05) is 0 Å². The van der Waals surface area contributed by atoms with Gasteiger partial charge in [0.1, 0.15) is 0 Å². The molecular weight excluding hydrogens is 145 g/mol. The number of H-pyrrole nitrogens is 1. The number of carbonyl (C=O) groups is 1. The van der Waals surface area contributed by atoms with E-state index in [1.807, 2.05) is 0 Å². The van der Waals surface area contributed by atoms with Gasteiger partial charge in [0.15, 0.2) is 0 Å². The minimum absolute atomic E-state index is 0. The number of rotatable bonds is 1. The minimum atomic E-state index is -1.17. The van der Waals surface area contributed by atoms with Crippen molar-refractivity contribution in [2.45, 2.75) is 0 Å². The van der Waals surface area contributed by atoms with Crippen molar-refractivity contribution < 1.29 is 61.3 Å². The van der Waals surface area contributed by atoms with Crippen LogP contribution < -0.4 is 56.5 Å². The van der Waals surface area contributed by atoms with Gasteiger partial charge in [-0.2, -0.15) is 0 Å². The average molecular weight is 149 g/mol. The molecule has 0 aliphatic carbocycles. The van der Waals surface area contributed by atoms with Crippen molar-refractivity contribution in [1.82, 2.24) is 4.98 Å². The van der Waals surface area contributed by atoms with E-state index in [1.54, 1.807) is 6.07 Å². The van der Waals surface area contributed by atoms with Gasteiger partial charge in [0.05, 0.1) is 11.7 Å². The number of hydrogen-bond donors (Lipinski definition) is 1. The minimum Gasteiger partial charge on any atom is -0.543 e. The number of aromatic nitrogens is 1. The number of carboxylic acid groups (broad SMARTS) is 1. The molecule has 0 aliphatic heterocycles. The van der Waals surface area contributed by atoms with Crippen LogP contribution in [-0.4, -0.2) is 11.0 Å². The van der Waals surface area contributed by atoms with Crippen LogP contribution in [0.1, 0.15) is 10.5 Å². The molecule has 0 fully saturated rings. The van der Waals surface area contributed by atoms with Crippen LogP contribution >= 0.6 is 0 Å². The standard InChI is InChI=1S/C5H5NO2.K/c7-5(8)4-2-1-3-6-4;/h1-3,6H,(H,7,8);/q;+1/p-1. The molecule has 0 bridgehead atoms. The smallest absolute Gasteiger partial charge is 0.543 e. The molecule has 42 valence electrons. The summed E-state index contributed by atoms with van der Waals surface area (Å²) in [4.78, 5) is 12.4. The van der Waals surface area contributed by atoms with Crippen LogP contribution in [0.2, 0.25) is 0 Å². The fourth-order valence-electron chi connectivity index (χ4n) is 0.457. The van der Waals surface area contributed by atoms with Crippen LogP contribution in [0.5, 0.6) is 0 Å². The summed E-state index contributed by atoms with van der Waals surface area (Å²) in [6.45, 7) is 0. The Labute approximate surface area is 94.9 Å². The van der Waals surface area contributed by atoms with Crippen LogP contribution in [0.25, 0.3) is 0 Å². The quantitative estimate of drug-likeness (QED) is 0.419. The molecule has 4 heteroatoms. The molecule has 0 amide bonds. The fraction of sp³-hybridized carbons (Fsp3) is 0. The first-order chi connectivity index (χ1) is 3.80. The molecule has 0 saturated carbocycles. The summed E-state index contributed by atoms with van der Waals surface area (Å²) in [5, 5.41) is 9.92. The van der Waals surface area contributed by atoms with Crippen LogP contribution in [0.4, 0.5) is 0 Å². The van der Waals surface area contributed by atoms with Gasteiger partial charge in [-0.3, -0.25) is 0 Å². The number of aromatic amines is 1. The first-order valence-corrected chi connectivity index (χ1v) is 2.15. The largest absolute Gasteiger partial charge is 1.00 e. The molecule has 1 N–H and O–H groups in total. The van der Waals surface area contributed by atoms with Gasteiger partial charge < -0.3 is 14.9 Å². The van der Waals surface area contributed by atoms with E-state index in [2.05, 4.69) is 4.98 Å². The Bertz CT molecular complexity index is 183. The fourth-order valence-corrected chi connectivity index (χ4v) is 0.457. The number of hydrogen-bond acceptors (Lipinski definition) is 2. The summed E-state index contributed by atoms with van der Waals surface area (Å²) in [5.41, 5.74) is 0.116. The monoisotopic (exact) mass is 149 g/mol. The van der Waals surface area contributed by atoms with Gasteiger partial charge in [-0.15, -0.1) is 0 Å². The van der Waals surface area contributed by atoms with E-state index >= 15 is 0 Å². The van der Waals surface area contributed by atoms with Crippen molar-refractivity contribution in [2.75, 3.05) is 0 Å². The Balaban J connectivity index is 0.000000640. The third-order valence-corrected chi connectivity index (χ3v) is 0.818. The van der Waals surface area contributed by atoms with Crippen molar-refractivity contribution >= 4 is 5.97 Å². The third-order valence-electron chi connectivity index (χ3n) is 0.818. The van der Waals surface area contributed by atoms with Gasteiger partial charge in [-0.25, -0.2) is 0 Å². The van der Waals surface area contributed by atoms with E-state index in [0.29, 0.717) is 0 Å². The van der Waals surface area contributed by atoms with Crippen molar-refractivity contribution in [2.24, 2.45) is 0 Å². The molecule has 1 aromatic heterocycles. The van der Waals surface area contributed by atoms with Crippen molar-refractivity contribution in [3.05, 3.63) is 24.0 Å². The molecule has 1 heterocycles. The van der Waals surface area contributed by atoms with E-state index in [-0.39, 0.29) is 57.1 Å². The molecule has 0 unspecified atom stereocenters. The Morgan fingerprint density at radius 3 is 2.56 bits per heavy atom. The van der Waals surface area contributed by atoms with E-state index < -0.39 is 5.97 Å². The van der Waals surface area contributed by atoms with E-state index in [1.165, 1.54) is 12.3 Å². The van der Waals surface area contributed by atoms with E-state index in [4.69, 9.17) is 0 Å². The van der Waals surface area contributed by atoms with Gasteiger partial charge in [0.25, 0.3) is 0 Å². The van der Waals surface area contributed by atoms with Crippen molar-refractivity contribution in [3.8, 4) is 0 Å². The molecule has 0 atom stereocenters. The van der Waals surface area contributed by atoms with Crippen molar-refractivity contribution in [3.63, 3.8) is 0 Å². The summed E-state index contributed by atoms with van der Waals surface area (Å²) in [7, 11) is 0. The normalized spacial score (nSPS) is 8.00. The Morgan fingerprint density at radius 1 is 1.67 bits per heavy atom. The molecular formula is C5H4KNO2. The predicted octanol–water partition coefficient (Wildman–Crippen LogP) is -3.62.